The largest absolute Gasteiger partial charge is 0.228 e. The zero-order valence-corrected chi connectivity index (χ0v) is 30.4. The summed E-state index contributed by atoms with van der Waals surface area (Å²) < 4.78 is 2.53. The quantitative estimate of drug-likeness (QED) is 0.164. The summed E-state index contributed by atoms with van der Waals surface area (Å²) in [4.78, 5) is 25.2. The molecular formula is C49H31N5S. The van der Waals surface area contributed by atoms with Gasteiger partial charge in [-0.25, -0.2) is 24.9 Å². The Morgan fingerprint density at radius 1 is 0.255 bits per heavy atom. The van der Waals surface area contributed by atoms with E-state index in [1.54, 1.807) is 0 Å². The molecule has 258 valence electrons. The summed E-state index contributed by atoms with van der Waals surface area (Å²) in [6.45, 7) is 0. The van der Waals surface area contributed by atoms with E-state index in [0.29, 0.717) is 23.3 Å². The molecule has 0 N–H and O–H groups in total. The van der Waals surface area contributed by atoms with E-state index in [0.717, 1.165) is 55.9 Å². The summed E-state index contributed by atoms with van der Waals surface area (Å²) in [5.41, 5.74) is 9.67. The van der Waals surface area contributed by atoms with Crippen molar-refractivity contribution in [2.24, 2.45) is 0 Å². The first kappa shape index (κ1) is 32.5. The highest BCUT2D eigenvalue weighted by Gasteiger charge is 2.15. The first-order chi connectivity index (χ1) is 27.2. The van der Waals surface area contributed by atoms with Crippen molar-refractivity contribution < 1.29 is 0 Å². The summed E-state index contributed by atoms with van der Waals surface area (Å²) in [5, 5.41) is 2.48. The van der Waals surface area contributed by atoms with Crippen LogP contribution in [0, 0.1) is 0 Å². The van der Waals surface area contributed by atoms with Gasteiger partial charge >= 0.3 is 0 Å². The smallest absolute Gasteiger partial charge is 0.164 e. The van der Waals surface area contributed by atoms with Crippen molar-refractivity contribution in [2.45, 2.75) is 0 Å². The fourth-order valence-electron chi connectivity index (χ4n) is 6.98. The first-order valence-electron chi connectivity index (χ1n) is 18.2. The maximum absolute atomic E-state index is 5.21. The zero-order chi connectivity index (χ0) is 36.6. The van der Waals surface area contributed by atoms with Crippen molar-refractivity contribution in [3.63, 3.8) is 0 Å². The molecule has 0 radical (unpaired) electrons. The van der Waals surface area contributed by atoms with Gasteiger partial charge in [-0.05, 0) is 53.6 Å². The third kappa shape index (κ3) is 6.45. The Bertz CT molecular complexity index is 2920. The van der Waals surface area contributed by atoms with E-state index in [1.807, 2.05) is 90.2 Å². The Labute approximate surface area is 322 Å². The van der Waals surface area contributed by atoms with Gasteiger partial charge in [0.15, 0.2) is 23.3 Å². The standard InChI is InChI=1S/C49H31N5S/c1-4-14-32(15-5-1)42-31-43(51-48(50-42)39-26-27-45-41(30-39)40-24-10-11-25-44(40)55-45)37-22-12-20-35(28-37)36-21-13-23-38(29-36)49-53-46(33-16-6-2-7-17-33)52-47(54-49)34-18-8-3-9-19-34/h1-31H. The molecule has 6 heteroatoms. The van der Waals surface area contributed by atoms with Gasteiger partial charge in [-0.3, -0.25) is 0 Å². The SMILES string of the molecule is c1ccc(-c2cc(-c3cccc(-c4cccc(-c5nc(-c6ccccc6)nc(-c6ccccc6)n5)c4)c3)nc(-c3ccc4sc5ccccc5c4c3)n2)cc1. The molecule has 0 aliphatic carbocycles. The van der Waals surface area contributed by atoms with Crippen LogP contribution in [0.5, 0.6) is 0 Å². The average Bonchev–Trinajstić information content (AvgIpc) is 3.65. The molecule has 3 aromatic heterocycles. The minimum atomic E-state index is 0.619. The monoisotopic (exact) mass is 721 g/mol. The molecule has 7 aromatic carbocycles. The minimum absolute atomic E-state index is 0.619. The van der Waals surface area contributed by atoms with Gasteiger partial charge in [0.2, 0.25) is 0 Å². The first-order valence-corrected chi connectivity index (χ1v) is 19.0. The van der Waals surface area contributed by atoms with Gasteiger partial charge in [-0.15, -0.1) is 11.3 Å². The lowest BCUT2D eigenvalue weighted by Gasteiger charge is -2.12. The van der Waals surface area contributed by atoms with Gasteiger partial charge in [-0.2, -0.15) is 0 Å². The molecule has 5 nitrogen and oxygen atoms in total. The predicted octanol–water partition coefficient (Wildman–Crippen LogP) is 12.7. The molecule has 10 aromatic rings. The van der Waals surface area contributed by atoms with E-state index >= 15 is 0 Å². The summed E-state index contributed by atoms with van der Waals surface area (Å²) in [7, 11) is 0. The second-order valence-corrected chi connectivity index (χ2v) is 14.4. The fraction of sp³-hybridized carbons (Fsp3) is 0. The minimum Gasteiger partial charge on any atom is -0.228 e. The summed E-state index contributed by atoms with van der Waals surface area (Å²) in [6.07, 6.45) is 0. The lowest BCUT2D eigenvalue weighted by Crippen LogP contribution is -2.00. The molecule has 0 saturated carbocycles. The third-order valence-electron chi connectivity index (χ3n) is 9.74. The second-order valence-electron chi connectivity index (χ2n) is 13.3. The molecule has 0 aliphatic heterocycles. The molecule has 0 spiro atoms. The van der Waals surface area contributed by atoms with Gasteiger partial charge < -0.3 is 0 Å². The van der Waals surface area contributed by atoms with Gasteiger partial charge in [-0.1, -0.05) is 146 Å². The lowest BCUT2D eigenvalue weighted by atomic mass is 9.99. The molecule has 0 fully saturated rings. The van der Waals surface area contributed by atoms with E-state index in [4.69, 9.17) is 24.9 Å². The van der Waals surface area contributed by atoms with Crippen LogP contribution in [0.2, 0.25) is 0 Å². The fourth-order valence-corrected chi connectivity index (χ4v) is 8.07. The van der Waals surface area contributed by atoms with Crippen LogP contribution < -0.4 is 0 Å². The van der Waals surface area contributed by atoms with Gasteiger partial charge in [0.25, 0.3) is 0 Å². The highest BCUT2D eigenvalue weighted by molar-refractivity contribution is 7.25. The topological polar surface area (TPSA) is 64.5 Å². The Balaban J connectivity index is 1.06. The van der Waals surface area contributed by atoms with Crippen LogP contribution in [0.3, 0.4) is 0 Å². The average molecular weight is 722 g/mol. The Kier molecular flexibility index (Phi) is 8.28. The zero-order valence-electron chi connectivity index (χ0n) is 29.5. The van der Waals surface area contributed by atoms with Crippen LogP contribution in [0.4, 0.5) is 0 Å². The molecule has 0 bridgehead atoms. The highest BCUT2D eigenvalue weighted by atomic mass is 32.1. The van der Waals surface area contributed by atoms with Crippen molar-refractivity contribution in [1.29, 1.82) is 0 Å². The normalized spacial score (nSPS) is 11.3. The van der Waals surface area contributed by atoms with Crippen molar-refractivity contribution in [2.75, 3.05) is 0 Å². The number of thiophene rings is 1. The predicted molar refractivity (Wildman–Crippen MR) is 226 cm³/mol. The maximum Gasteiger partial charge on any atom is 0.164 e. The third-order valence-corrected chi connectivity index (χ3v) is 10.9. The molecule has 10 rings (SSSR count). The number of nitrogens with zero attached hydrogens (tertiary/aromatic N) is 5. The number of rotatable bonds is 7. The van der Waals surface area contributed by atoms with E-state index in [1.165, 1.54) is 20.2 Å². The molecule has 0 amide bonds. The van der Waals surface area contributed by atoms with Crippen LogP contribution in [0.25, 0.3) is 99.4 Å². The van der Waals surface area contributed by atoms with Crippen LogP contribution in [-0.4, -0.2) is 24.9 Å². The van der Waals surface area contributed by atoms with Crippen LogP contribution >= 0.6 is 11.3 Å². The van der Waals surface area contributed by atoms with Gasteiger partial charge in [0.05, 0.1) is 11.4 Å². The second kappa shape index (κ2) is 14.0. The lowest BCUT2D eigenvalue weighted by molar-refractivity contribution is 1.07. The Hall–Kier alpha value is -7.15. The molecule has 0 unspecified atom stereocenters. The van der Waals surface area contributed by atoms with Crippen LogP contribution in [0.1, 0.15) is 0 Å². The number of benzene rings is 7. The highest BCUT2D eigenvalue weighted by Crippen LogP contribution is 2.37. The molecule has 55 heavy (non-hydrogen) atoms. The molecule has 3 heterocycles. The van der Waals surface area contributed by atoms with E-state index in [9.17, 15) is 0 Å². The van der Waals surface area contributed by atoms with Crippen molar-refractivity contribution in [3.05, 3.63) is 188 Å². The molecular weight excluding hydrogens is 691 g/mol. The van der Waals surface area contributed by atoms with Crippen molar-refractivity contribution >= 4 is 31.5 Å². The number of fused-ring (bicyclic) bond motifs is 3. The van der Waals surface area contributed by atoms with Crippen molar-refractivity contribution in [3.8, 4) is 79.2 Å². The van der Waals surface area contributed by atoms with Crippen molar-refractivity contribution in [1.82, 2.24) is 24.9 Å². The maximum atomic E-state index is 5.21. The van der Waals surface area contributed by atoms with Gasteiger partial charge in [0.1, 0.15) is 0 Å². The van der Waals surface area contributed by atoms with E-state index < -0.39 is 0 Å². The van der Waals surface area contributed by atoms with E-state index in [2.05, 4.69) is 109 Å². The van der Waals surface area contributed by atoms with Crippen LogP contribution in [-0.2, 0) is 0 Å². The molecule has 0 aliphatic rings. The van der Waals surface area contributed by atoms with E-state index in [-0.39, 0.29) is 0 Å². The summed E-state index contributed by atoms with van der Waals surface area (Å²) >= 11 is 1.81. The van der Waals surface area contributed by atoms with Crippen LogP contribution in [0.15, 0.2) is 188 Å². The summed E-state index contributed by atoms with van der Waals surface area (Å²) in [5.74, 6) is 2.59. The Morgan fingerprint density at radius 3 is 1.35 bits per heavy atom. The number of aromatic nitrogens is 5. The Morgan fingerprint density at radius 2 is 0.691 bits per heavy atom. The number of hydrogen-bond acceptors (Lipinski definition) is 6. The van der Waals surface area contributed by atoms with Gasteiger partial charge in [0, 0.05) is 53.6 Å². The molecule has 0 atom stereocenters. The summed E-state index contributed by atoms with van der Waals surface area (Å²) in [6, 6.07) is 64.6. The number of hydrogen-bond donors (Lipinski definition) is 0. The molecule has 0 saturated heterocycles.